The monoisotopic (exact) mass is 823 g/mol. The summed E-state index contributed by atoms with van der Waals surface area (Å²) in [6, 6.07) is 27.6. The zero-order valence-corrected chi connectivity index (χ0v) is 31.7. The van der Waals surface area contributed by atoms with Crippen molar-refractivity contribution in [3.63, 3.8) is 0 Å². The van der Waals surface area contributed by atoms with Gasteiger partial charge in [-0.25, -0.2) is 18.0 Å². The number of rotatable bonds is 7. The van der Waals surface area contributed by atoms with Gasteiger partial charge in [0, 0.05) is 44.5 Å². The third-order valence-corrected chi connectivity index (χ3v) is 9.56. The van der Waals surface area contributed by atoms with Crippen LogP contribution in [0, 0.1) is 0 Å². The van der Waals surface area contributed by atoms with Gasteiger partial charge in [-0.3, -0.25) is 0 Å². The van der Waals surface area contributed by atoms with Crippen LogP contribution in [0.15, 0.2) is 136 Å². The van der Waals surface area contributed by atoms with Gasteiger partial charge in [0.15, 0.2) is 9.84 Å². The maximum atomic E-state index is 12.4. The molecule has 0 fully saturated rings. The normalized spacial score (nSPS) is 11.1. The highest BCUT2D eigenvalue weighted by Gasteiger charge is 2.30. The van der Waals surface area contributed by atoms with Gasteiger partial charge >= 0.3 is 24.4 Å². The van der Waals surface area contributed by atoms with Crippen molar-refractivity contribution in [2.75, 3.05) is 45.8 Å². The van der Waals surface area contributed by atoms with Crippen LogP contribution < -0.4 is 27.0 Å². The lowest BCUT2D eigenvalue weighted by atomic mass is 10.2. The summed E-state index contributed by atoms with van der Waals surface area (Å²) in [4.78, 5) is 26.0. The molecule has 0 unspecified atom stereocenters. The van der Waals surface area contributed by atoms with E-state index in [9.17, 15) is 44.3 Å². The Morgan fingerprint density at radius 3 is 1.05 bits per heavy atom. The Morgan fingerprint density at radius 2 is 0.782 bits per heavy atom. The average molecular weight is 824 g/mol. The Morgan fingerprint density at radius 1 is 0.509 bits per heavy atom. The molecule has 0 aliphatic heterocycles. The van der Waals surface area contributed by atoms with Crippen LogP contribution in [0.1, 0.15) is 11.1 Å². The summed E-state index contributed by atoms with van der Waals surface area (Å²) in [5.41, 5.74) is 6.14. The minimum Gasteiger partial charge on any atom is -0.399 e. The van der Waals surface area contributed by atoms with Crippen molar-refractivity contribution in [1.82, 2.24) is 0 Å². The van der Waals surface area contributed by atoms with E-state index in [4.69, 9.17) is 5.73 Å². The number of halogens is 6. The number of carbonyl (C=O) groups excluding carboxylic acids is 2. The number of benzene rings is 5. The van der Waals surface area contributed by atoms with Gasteiger partial charge < -0.3 is 27.0 Å². The lowest BCUT2D eigenvalue weighted by Crippen LogP contribution is -2.19. The van der Waals surface area contributed by atoms with Crippen LogP contribution in [0.2, 0.25) is 0 Å². The Hall–Kier alpha value is -5.33. The Labute approximate surface area is 322 Å². The summed E-state index contributed by atoms with van der Waals surface area (Å²) in [5.74, 6) is 0. The average Bonchev–Trinajstić information content (AvgIpc) is 3.12. The molecule has 0 radical (unpaired) electrons. The van der Waals surface area contributed by atoms with Crippen LogP contribution in [0.5, 0.6) is 0 Å². The number of thioether (sulfide) groups is 2. The van der Waals surface area contributed by atoms with Crippen LogP contribution in [0.25, 0.3) is 0 Å². The smallest absolute Gasteiger partial charge is 0.399 e. The van der Waals surface area contributed by atoms with Crippen LogP contribution in [-0.4, -0.2) is 39.2 Å². The molecule has 0 heterocycles. The van der Waals surface area contributed by atoms with E-state index in [-0.39, 0.29) is 16.3 Å². The van der Waals surface area contributed by atoms with E-state index in [1.54, 1.807) is 35.7 Å². The zero-order valence-electron chi connectivity index (χ0n) is 29.2. The standard InChI is InChI=1S/C15H13F3N2O3S.C15H13F3N2OS.C7H9NS/c1-24(22,23)13-8-6-12(7-9-13)20-14(21)19-11-4-2-10(3-5-11)15(16,17)18;1-22-13-8-6-12(7-9-13)20-14(21)19-11-4-2-10(3-5-11)15(16,17)18;1-9-7-4-2-6(8)3-5-7/h2-9H,1H3,(H2,19,20,21);2-9H,1H3,(H2,19,20,21);2-5H,8H2,1H3. The van der Waals surface area contributed by atoms with E-state index in [0.29, 0.717) is 11.4 Å². The molecule has 55 heavy (non-hydrogen) atoms. The first-order chi connectivity index (χ1) is 25.8. The molecule has 6 N–H and O–H groups in total. The second kappa shape index (κ2) is 19.8. The van der Waals surface area contributed by atoms with Gasteiger partial charge in [0.1, 0.15) is 0 Å². The fourth-order valence-electron chi connectivity index (χ4n) is 4.14. The summed E-state index contributed by atoms with van der Waals surface area (Å²) >= 11 is 3.30. The van der Waals surface area contributed by atoms with E-state index >= 15 is 0 Å². The van der Waals surface area contributed by atoms with E-state index < -0.39 is 45.4 Å². The van der Waals surface area contributed by atoms with E-state index in [0.717, 1.165) is 53.2 Å². The maximum Gasteiger partial charge on any atom is 0.416 e. The molecule has 4 amide bonds. The number of nitrogens with one attached hydrogen (secondary N) is 4. The molecule has 18 heteroatoms. The number of anilines is 5. The van der Waals surface area contributed by atoms with E-state index in [1.807, 2.05) is 48.9 Å². The van der Waals surface area contributed by atoms with Gasteiger partial charge in [0.25, 0.3) is 0 Å². The predicted molar refractivity (Wildman–Crippen MR) is 209 cm³/mol. The number of hydrogen-bond acceptors (Lipinski definition) is 7. The summed E-state index contributed by atoms with van der Waals surface area (Å²) in [6.45, 7) is 0. The van der Waals surface area contributed by atoms with Crippen molar-refractivity contribution in [2.24, 2.45) is 0 Å². The molecule has 0 atom stereocenters. The van der Waals surface area contributed by atoms with Crippen molar-refractivity contribution in [3.8, 4) is 0 Å². The van der Waals surface area contributed by atoms with Gasteiger partial charge in [0.2, 0.25) is 0 Å². The molecule has 5 aromatic rings. The molecule has 0 aromatic heterocycles. The van der Waals surface area contributed by atoms with E-state index in [1.165, 1.54) is 41.3 Å². The van der Waals surface area contributed by atoms with Crippen LogP contribution in [0.4, 0.5) is 64.4 Å². The summed E-state index contributed by atoms with van der Waals surface area (Å²) < 4.78 is 97.3. The Balaban J connectivity index is 0.000000242. The number of nitrogens with two attached hydrogens (primary N) is 1. The molecule has 5 aromatic carbocycles. The molecule has 0 bridgehead atoms. The first-order valence-electron chi connectivity index (χ1n) is 15.6. The van der Waals surface area contributed by atoms with Gasteiger partial charge in [-0.05, 0) is 134 Å². The summed E-state index contributed by atoms with van der Waals surface area (Å²) in [5, 5.41) is 9.91. The van der Waals surface area contributed by atoms with Gasteiger partial charge in [-0.15, -0.1) is 23.5 Å². The first-order valence-corrected chi connectivity index (χ1v) is 19.9. The SMILES string of the molecule is CS(=O)(=O)c1ccc(NC(=O)Nc2ccc(C(F)(F)F)cc2)cc1.CSc1ccc(N)cc1.CSc1ccc(NC(=O)Nc2ccc(C(F)(F)F)cc2)cc1. The quantitative estimate of drug-likeness (QED) is 0.0625. The van der Waals surface area contributed by atoms with Crippen molar-refractivity contribution in [2.45, 2.75) is 27.0 Å². The van der Waals surface area contributed by atoms with Crippen LogP contribution >= 0.6 is 23.5 Å². The second-order valence-corrected chi connectivity index (χ2v) is 14.9. The molecular weight excluding hydrogens is 789 g/mol. The van der Waals surface area contributed by atoms with E-state index in [2.05, 4.69) is 21.3 Å². The Bertz CT molecular complexity index is 2100. The molecule has 0 spiro atoms. The molecule has 9 nitrogen and oxygen atoms in total. The fraction of sp³-hybridized carbons (Fsp3) is 0.135. The molecular formula is C37H35F6N5O4S3. The molecule has 0 saturated carbocycles. The highest BCUT2D eigenvalue weighted by molar-refractivity contribution is 7.98. The number of carbonyl (C=O) groups is 2. The van der Waals surface area contributed by atoms with Crippen LogP contribution in [0.3, 0.4) is 0 Å². The topological polar surface area (TPSA) is 142 Å². The highest BCUT2D eigenvalue weighted by atomic mass is 32.2. The molecule has 292 valence electrons. The minimum absolute atomic E-state index is 0.108. The van der Waals surface area contributed by atoms with Gasteiger partial charge in [0.05, 0.1) is 16.0 Å². The maximum absolute atomic E-state index is 12.4. The number of amides is 4. The van der Waals surface area contributed by atoms with Crippen LogP contribution in [-0.2, 0) is 22.2 Å². The van der Waals surface area contributed by atoms with Crippen molar-refractivity contribution >= 4 is 73.9 Å². The third-order valence-electron chi connectivity index (χ3n) is 6.94. The highest BCUT2D eigenvalue weighted by Crippen LogP contribution is 2.31. The van der Waals surface area contributed by atoms with Gasteiger partial charge in [-0.2, -0.15) is 26.3 Å². The molecule has 0 aliphatic carbocycles. The molecule has 0 aliphatic rings. The number of urea groups is 2. The minimum atomic E-state index is -4.44. The Kier molecular flexibility index (Phi) is 15.9. The lowest BCUT2D eigenvalue weighted by molar-refractivity contribution is -0.138. The fourth-order valence-corrected chi connectivity index (χ4v) is 5.58. The summed E-state index contributed by atoms with van der Waals surface area (Å²) in [7, 11) is -3.33. The van der Waals surface area contributed by atoms with Crippen molar-refractivity contribution in [3.05, 3.63) is 132 Å². The van der Waals surface area contributed by atoms with Crippen molar-refractivity contribution < 1.29 is 44.3 Å². The molecule has 0 saturated heterocycles. The predicted octanol–water partition coefficient (Wildman–Crippen LogP) is 10.8. The first kappa shape index (κ1) is 44.1. The molecule has 5 rings (SSSR count). The number of alkyl halides is 6. The van der Waals surface area contributed by atoms with Crippen molar-refractivity contribution in [1.29, 1.82) is 0 Å². The number of hydrogen-bond donors (Lipinski definition) is 5. The number of nitrogen functional groups attached to an aromatic ring is 1. The largest absolute Gasteiger partial charge is 0.416 e. The zero-order chi connectivity index (χ0) is 40.8. The van der Waals surface area contributed by atoms with Gasteiger partial charge in [-0.1, -0.05) is 0 Å². The lowest BCUT2D eigenvalue weighted by Gasteiger charge is -2.10. The second-order valence-electron chi connectivity index (χ2n) is 11.1. The summed E-state index contributed by atoms with van der Waals surface area (Å²) in [6.07, 6.45) is -3.78. The number of sulfone groups is 1. The third kappa shape index (κ3) is 15.5.